The van der Waals surface area contributed by atoms with Crippen molar-refractivity contribution in [3.8, 4) is 0 Å². The summed E-state index contributed by atoms with van der Waals surface area (Å²) >= 11 is 6.01. The van der Waals surface area contributed by atoms with Gasteiger partial charge in [-0.05, 0) is 12.3 Å². The predicted molar refractivity (Wildman–Crippen MR) is 66.3 cm³/mol. The summed E-state index contributed by atoms with van der Waals surface area (Å²) in [5.41, 5.74) is 0. The van der Waals surface area contributed by atoms with E-state index in [1.807, 2.05) is 20.8 Å². The fourth-order valence-corrected chi connectivity index (χ4v) is 2.51. The van der Waals surface area contributed by atoms with Crippen molar-refractivity contribution in [2.45, 2.75) is 32.6 Å². The van der Waals surface area contributed by atoms with Gasteiger partial charge in [0.15, 0.2) is 9.84 Å². The molecule has 0 radical (unpaired) electrons. The maximum atomic E-state index is 11.3. The van der Waals surface area contributed by atoms with E-state index in [2.05, 4.69) is 5.32 Å². The molecule has 0 rings (SSSR count). The molecule has 0 aromatic heterocycles. The van der Waals surface area contributed by atoms with Crippen molar-refractivity contribution in [1.29, 1.82) is 0 Å². The van der Waals surface area contributed by atoms with Gasteiger partial charge in [0.2, 0.25) is 0 Å². The molecule has 0 spiro atoms. The first-order chi connectivity index (χ1) is 6.89. The number of nitrogens with one attached hydrogen (secondary N) is 1. The number of rotatable bonds is 8. The van der Waals surface area contributed by atoms with E-state index in [4.69, 9.17) is 11.6 Å². The largest absolute Gasteiger partial charge is 0.314 e. The Morgan fingerprint density at radius 1 is 1.27 bits per heavy atom. The van der Waals surface area contributed by atoms with Gasteiger partial charge in [-0.15, -0.1) is 11.6 Å². The van der Waals surface area contributed by atoms with Crippen LogP contribution in [0.15, 0.2) is 0 Å². The number of alkyl halides is 1. The fraction of sp³-hybridized carbons (Fsp3) is 1.00. The molecule has 0 bridgehead atoms. The van der Waals surface area contributed by atoms with Crippen molar-refractivity contribution in [3.05, 3.63) is 0 Å². The van der Waals surface area contributed by atoms with E-state index >= 15 is 0 Å². The zero-order chi connectivity index (χ0) is 11.9. The van der Waals surface area contributed by atoms with Crippen LogP contribution >= 0.6 is 11.6 Å². The molecule has 0 aromatic carbocycles. The van der Waals surface area contributed by atoms with Crippen LogP contribution in [0.4, 0.5) is 0 Å². The van der Waals surface area contributed by atoms with Crippen LogP contribution in [0.5, 0.6) is 0 Å². The molecular weight excluding hydrogens is 234 g/mol. The Hall–Kier alpha value is 0.200. The van der Waals surface area contributed by atoms with Crippen LogP contribution in [0.2, 0.25) is 0 Å². The minimum Gasteiger partial charge on any atom is -0.314 e. The average molecular weight is 256 g/mol. The molecule has 0 aliphatic rings. The van der Waals surface area contributed by atoms with Gasteiger partial charge >= 0.3 is 0 Å². The first kappa shape index (κ1) is 15.2. The van der Waals surface area contributed by atoms with Crippen LogP contribution < -0.4 is 5.32 Å². The first-order valence-electron chi connectivity index (χ1n) is 5.44. The molecule has 3 nitrogen and oxygen atoms in total. The highest BCUT2D eigenvalue weighted by Gasteiger charge is 2.11. The van der Waals surface area contributed by atoms with Gasteiger partial charge < -0.3 is 5.32 Å². The van der Waals surface area contributed by atoms with E-state index in [1.165, 1.54) is 0 Å². The van der Waals surface area contributed by atoms with Gasteiger partial charge in [-0.1, -0.05) is 20.8 Å². The maximum Gasteiger partial charge on any atom is 0.151 e. The van der Waals surface area contributed by atoms with Gasteiger partial charge in [0.1, 0.15) is 0 Å². The Kier molecular flexibility index (Phi) is 7.57. The van der Waals surface area contributed by atoms with Gasteiger partial charge in [-0.25, -0.2) is 8.42 Å². The maximum absolute atomic E-state index is 11.3. The minimum atomic E-state index is -2.86. The fourth-order valence-electron chi connectivity index (χ4n) is 1.12. The van der Waals surface area contributed by atoms with Crippen molar-refractivity contribution in [2.24, 2.45) is 5.92 Å². The second-order valence-corrected chi connectivity index (χ2v) is 6.98. The summed E-state index contributed by atoms with van der Waals surface area (Å²) in [6.07, 6.45) is 0.687. The molecule has 0 fully saturated rings. The third-order valence-corrected chi connectivity index (χ3v) is 4.68. The molecule has 0 aliphatic heterocycles. The van der Waals surface area contributed by atoms with Gasteiger partial charge in [0.05, 0.1) is 5.75 Å². The van der Waals surface area contributed by atoms with Gasteiger partial charge in [-0.3, -0.25) is 0 Å². The van der Waals surface area contributed by atoms with Gasteiger partial charge in [0.25, 0.3) is 0 Å². The second kappa shape index (κ2) is 7.47. The van der Waals surface area contributed by atoms with E-state index < -0.39 is 9.84 Å². The van der Waals surface area contributed by atoms with Crippen LogP contribution in [0, 0.1) is 5.92 Å². The Morgan fingerprint density at radius 2 is 1.87 bits per heavy atom. The quantitative estimate of drug-likeness (QED) is 0.530. The molecule has 0 amide bonds. The lowest BCUT2D eigenvalue weighted by molar-refractivity contribution is 0.550. The lowest BCUT2D eigenvalue weighted by Crippen LogP contribution is -2.31. The molecule has 5 heteroatoms. The van der Waals surface area contributed by atoms with Crippen molar-refractivity contribution in [2.75, 3.05) is 24.6 Å². The van der Waals surface area contributed by atoms with Crippen LogP contribution in [0.3, 0.4) is 0 Å². The second-order valence-electron chi connectivity index (χ2n) is 4.12. The summed E-state index contributed by atoms with van der Waals surface area (Å²) in [4.78, 5) is 0. The van der Waals surface area contributed by atoms with E-state index in [1.54, 1.807) is 0 Å². The highest BCUT2D eigenvalue weighted by Crippen LogP contribution is 2.07. The molecule has 1 N–H and O–H groups in total. The number of sulfone groups is 1. The SMILES string of the molecule is CCCS(=O)(=O)CCNCC(Cl)C(C)C. The Morgan fingerprint density at radius 3 is 2.33 bits per heavy atom. The molecule has 1 unspecified atom stereocenters. The van der Waals surface area contributed by atoms with E-state index in [0.717, 1.165) is 0 Å². The summed E-state index contributed by atoms with van der Waals surface area (Å²) in [5.74, 6) is 0.900. The van der Waals surface area contributed by atoms with E-state index in [-0.39, 0.29) is 16.9 Å². The zero-order valence-corrected chi connectivity index (χ0v) is 11.4. The summed E-state index contributed by atoms with van der Waals surface area (Å²) in [7, 11) is -2.86. The summed E-state index contributed by atoms with van der Waals surface area (Å²) in [6.45, 7) is 7.14. The van der Waals surface area contributed by atoms with Crippen molar-refractivity contribution >= 4 is 21.4 Å². The number of hydrogen-bond acceptors (Lipinski definition) is 3. The Labute approximate surface area is 98.5 Å². The normalized spacial score (nSPS) is 14.5. The lowest BCUT2D eigenvalue weighted by atomic mass is 10.1. The molecular formula is C10H22ClNO2S. The van der Waals surface area contributed by atoms with Crippen LogP contribution in [-0.2, 0) is 9.84 Å². The standard InChI is InChI=1S/C10H22ClNO2S/c1-4-6-15(13,14)7-5-12-8-10(11)9(2)3/h9-10,12H,4-8H2,1-3H3. The Bertz CT molecular complexity index is 252. The Balaban J connectivity index is 3.63. The van der Waals surface area contributed by atoms with Crippen LogP contribution in [-0.4, -0.2) is 38.4 Å². The molecule has 0 aliphatic carbocycles. The third kappa shape index (κ3) is 8.05. The van der Waals surface area contributed by atoms with E-state index in [9.17, 15) is 8.42 Å². The van der Waals surface area contributed by atoms with Crippen LogP contribution in [0.1, 0.15) is 27.2 Å². The molecule has 1 atom stereocenters. The molecule has 0 aromatic rings. The summed E-state index contributed by atoms with van der Waals surface area (Å²) in [6, 6.07) is 0. The van der Waals surface area contributed by atoms with Crippen molar-refractivity contribution in [1.82, 2.24) is 5.32 Å². The molecule has 0 saturated heterocycles. The molecule has 0 saturated carbocycles. The van der Waals surface area contributed by atoms with Crippen molar-refractivity contribution < 1.29 is 8.42 Å². The lowest BCUT2D eigenvalue weighted by Gasteiger charge is -2.13. The minimum absolute atomic E-state index is 0.0684. The summed E-state index contributed by atoms with van der Waals surface area (Å²) < 4.78 is 22.7. The first-order valence-corrected chi connectivity index (χ1v) is 7.70. The van der Waals surface area contributed by atoms with E-state index in [0.29, 0.717) is 25.4 Å². The zero-order valence-electron chi connectivity index (χ0n) is 9.79. The highest BCUT2D eigenvalue weighted by molar-refractivity contribution is 7.91. The monoisotopic (exact) mass is 255 g/mol. The molecule has 92 valence electrons. The average Bonchev–Trinajstić information content (AvgIpc) is 2.11. The number of hydrogen-bond donors (Lipinski definition) is 1. The van der Waals surface area contributed by atoms with Gasteiger partial charge in [-0.2, -0.15) is 0 Å². The van der Waals surface area contributed by atoms with Crippen LogP contribution in [0.25, 0.3) is 0 Å². The van der Waals surface area contributed by atoms with Crippen molar-refractivity contribution in [3.63, 3.8) is 0 Å². The molecule has 15 heavy (non-hydrogen) atoms. The number of halogens is 1. The highest BCUT2D eigenvalue weighted by atomic mass is 35.5. The smallest absolute Gasteiger partial charge is 0.151 e. The topological polar surface area (TPSA) is 46.2 Å². The molecule has 0 heterocycles. The van der Waals surface area contributed by atoms with Gasteiger partial charge in [0, 0.05) is 24.2 Å². The predicted octanol–water partition coefficient (Wildman–Crippen LogP) is 1.66. The summed E-state index contributed by atoms with van der Waals surface area (Å²) in [5, 5.41) is 3.14. The third-order valence-electron chi connectivity index (χ3n) is 2.17.